The van der Waals surface area contributed by atoms with Crippen LogP contribution in [0.2, 0.25) is 0 Å². The summed E-state index contributed by atoms with van der Waals surface area (Å²) in [6, 6.07) is 5.95. The van der Waals surface area contributed by atoms with Crippen LogP contribution in [0, 0.1) is 0 Å². The molecule has 0 amide bonds. The molecule has 4 N–H and O–H groups in total. The number of nitrogens with two attached hydrogens (primary N) is 2. The largest absolute Gasteiger partial charge is 0.488 e. The van der Waals surface area contributed by atoms with Gasteiger partial charge in [-0.05, 0) is 56.0 Å². The van der Waals surface area contributed by atoms with Gasteiger partial charge in [0.25, 0.3) is 0 Å². The normalized spacial score (nSPS) is 17.0. The second kappa shape index (κ2) is 4.68. The number of fused-ring (bicyclic) bond motifs is 1. The zero-order chi connectivity index (χ0) is 13.2. The fourth-order valence-electron chi connectivity index (χ4n) is 1.92. The van der Waals surface area contributed by atoms with E-state index in [9.17, 15) is 0 Å². The van der Waals surface area contributed by atoms with Crippen LogP contribution >= 0.6 is 0 Å². The fourth-order valence-corrected chi connectivity index (χ4v) is 1.92. The third-order valence-electron chi connectivity index (χ3n) is 2.85. The van der Waals surface area contributed by atoms with Gasteiger partial charge in [0, 0.05) is 0 Å². The number of benzene rings is 1. The van der Waals surface area contributed by atoms with E-state index < -0.39 is 0 Å². The minimum absolute atomic E-state index is 0.0470. The summed E-state index contributed by atoms with van der Waals surface area (Å²) in [5, 5.41) is 7.36. The molecule has 0 fully saturated rings. The topological polar surface area (TPSA) is 86.0 Å². The van der Waals surface area contributed by atoms with Crippen molar-refractivity contribution in [3.63, 3.8) is 0 Å². The molecule has 96 valence electrons. The van der Waals surface area contributed by atoms with Crippen molar-refractivity contribution in [1.29, 1.82) is 0 Å². The third-order valence-corrected chi connectivity index (χ3v) is 2.85. The minimum Gasteiger partial charge on any atom is -0.488 e. The van der Waals surface area contributed by atoms with Crippen molar-refractivity contribution in [1.82, 2.24) is 0 Å². The summed E-state index contributed by atoms with van der Waals surface area (Å²) in [5.41, 5.74) is 12.5. The summed E-state index contributed by atoms with van der Waals surface area (Å²) in [6.07, 6.45) is 3.64. The SMILES string of the molecule is CC1(C)CCc2cc(C=NN=C(N)N)ccc2O1. The van der Waals surface area contributed by atoms with E-state index in [1.807, 2.05) is 12.1 Å². The first kappa shape index (κ1) is 12.4. The van der Waals surface area contributed by atoms with Gasteiger partial charge in [-0.1, -0.05) is 0 Å². The highest BCUT2D eigenvalue weighted by atomic mass is 16.5. The van der Waals surface area contributed by atoms with Gasteiger partial charge in [0.1, 0.15) is 11.4 Å². The molecule has 5 nitrogen and oxygen atoms in total. The average Bonchev–Trinajstić information content (AvgIpc) is 2.28. The number of nitrogens with zero attached hydrogens (tertiary/aromatic N) is 2. The Morgan fingerprint density at radius 3 is 2.89 bits per heavy atom. The molecule has 0 saturated carbocycles. The standard InChI is InChI=1S/C13H18N4O/c1-13(2)6-5-10-7-9(3-4-11(10)18-13)8-16-17-12(14)15/h3-4,7-8H,5-6H2,1-2H3,(H4,14,15,17). The monoisotopic (exact) mass is 246 g/mol. The van der Waals surface area contributed by atoms with Gasteiger partial charge in [0.05, 0.1) is 6.21 Å². The van der Waals surface area contributed by atoms with E-state index in [4.69, 9.17) is 16.2 Å². The van der Waals surface area contributed by atoms with Crippen LogP contribution in [-0.2, 0) is 6.42 Å². The number of ether oxygens (including phenoxy) is 1. The molecule has 0 aromatic heterocycles. The van der Waals surface area contributed by atoms with Gasteiger partial charge in [-0.3, -0.25) is 0 Å². The third kappa shape index (κ3) is 3.00. The van der Waals surface area contributed by atoms with Crippen LogP contribution in [0.3, 0.4) is 0 Å². The van der Waals surface area contributed by atoms with Crippen LogP contribution in [-0.4, -0.2) is 17.8 Å². The molecule has 1 heterocycles. The van der Waals surface area contributed by atoms with Gasteiger partial charge in [0.15, 0.2) is 0 Å². The van der Waals surface area contributed by atoms with Crippen molar-refractivity contribution in [2.45, 2.75) is 32.3 Å². The molecule has 1 aromatic carbocycles. The summed E-state index contributed by atoms with van der Waals surface area (Å²) >= 11 is 0. The lowest BCUT2D eigenvalue weighted by Crippen LogP contribution is -2.32. The van der Waals surface area contributed by atoms with E-state index in [-0.39, 0.29) is 11.6 Å². The van der Waals surface area contributed by atoms with Gasteiger partial charge >= 0.3 is 0 Å². The van der Waals surface area contributed by atoms with Gasteiger partial charge in [-0.2, -0.15) is 5.10 Å². The Morgan fingerprint density at radius 1 is 1.39 bits per heavy atom. The average molecular weight is 246 g/mol. The first-order valence-electron chi connectivity index (χ1n) is 5.90. The molecule has 1 aromatic rings. The second-order valence-corrected chi connectivity index (χ2v) is 5.00. The Morgan fingerprint density at radius 2 is 2.17 bits per heavy atom. The van der Waals surface area contributed by atoms with Crippen molar-refractivity contribution in [2.24, 2.45) is 21.7 Å². The molecular weight excluding hydrogens is 228 g/mol. The lowest BCUT2D eigenvalue weighted by molar-refractivity contribution is 0.0847. The van der Waals surface area contributed by atoms with Crippen LogP contribution in [0.1, 0.15) is 31.4 Å². The summed E-state index contributed by atoms with van der Waals surface area (Å²) < 4.78 is 5.90. The summed E-state index contributed by atoms with van der Waals surface area (Å²) in [4.78, 5) is 0. The molecule has 0 bridgehead atoms. The van der Waals surface area contributed by atoms with Crippen LogP contribution in [0.15, 0.2) is 28.4 Å². The molecule has 1 aliphatic rings. The predicted molar refractivity (Wildman–Crippen MR) is 72.9 cm³/mol. The van der Waals surface area contributed by atoms with Crippen LogP contribution in [0.5, 0.6) is 5.75 Å². The highest BCUT2D eigenvalue weighted by Crippen LogP contribution is 2.33. The molecule has 5 heteroatoms. The molecular formula is C13H18N4O. The van der Waals surface area contributed by atoms with Crippen molar-refractivity contribution < 1.29 is 4.74 Å². The Kier molecular flexibility index (Phi) is 3.23. The highest BCUT2D eigenvalue weighted by molar-refractivity contribution is 5.82. The Labute approximate surface area is 107 Å². The van der Waals surface area contributed by atoms with Crippen molar-refractivity contribution in [2.75, 3.05) is 0 Å². The maximum atomic E-state index is 5.90. The Balaban J connectivity index is 2.19. The molecule has 0 atom stereocenters. The molecule has 0 unspecified atom stereocenters. The van der Waals surface area contributed by atoms with Crippen molar-refractivity contribution in [3.8, 4) is 5.75 Å². The van der Waals surface area contributed by atoms with Crippen molar-refractivity contribution >= 4 is 12.2 Å². The first-order chi connectivity index (χ1) is 8.46. The van der Waals surface area contributed by atoms with E-state index in [0.29, 0.717) is 0 Å². The van der Waals surface area contributed by atoms with E-state index in [1.165, 1.54) is 5.56 Å². The Bertz CT molecular complexity index is 502. The van der Waals surface area contributed by atoms with Gasteiger partial charge < -0.3 is 16.2 Å². The number of hydrogen-bond donors (Lipinski definition) is 2. The molecule has 0 spiro atoms. The lowest BCUT2D eigenvalue weighted by atomic mass is 9.93. The molecule has 1 aliphatic heterocycles. The molecule has 0 aliphatic carbocycles. The van der Waals surface area contributed by atoms with E-state index in [1.54, 1.807) is 6.21 Å². The van der Waals surface area contributed by atoms with Crippen LogP contribution < -0.4 is 16.2 Å². The van der Waals surface area contributed by atoms with Gasteiger partial charge in [0.2, 0.25) is 5.96 Å². The smallest absolute Gasteiger partial charge is 0.211 e. The number of rotatable bonds is 2. The van der Waals surface area contributed by atoms with Gasteiger partial charge in [-0.15, -0.1) is 5.10 Å². The van der Waals surface area contributed by atoms with Crippen LogP contribution in [0.4, 0.5) is 0 Å². The van der Waals surface area contributed by atoms with E-state index in [2.05, 4.69) is 30.1 Å². The predicted octanol–water partition coefficient (Wildman–Crippen LogP) is 1.40. The number of aryl methyl sites for hydroxylation is 1. The molecule has 0 saturated heterocycles. The quantitative estimate of drug-likeness (QED) is 0.470. The fraction of sp³-hybridized carbons (Fsp3) is 0.385. The Hall–Kier alpha value is -2.04. The summed E-state index contributed by atoms with van der Waals surface area (Å²) in [7, 11) is 0. The van der Waals surface area contributed by atoms with Crippen molar-refractivity contribution in [3.05, 3.63) is 29.3 Å². The molecule has 18 heavy (non-hydrogen) atoms. The second-order valence-electron chi connectivity index (χ2n) is 5.00. The van der Waals surface area contributed by atoms with Gasteiger partial charge in [-0.25, -0.2) is 0 Å². The lowest BCUT2D eigenvalue weighted by Gasteiger charge is -2.32. The molecule has 0 radical (unpaired) electrons. The zero-order valence-corrected chi connectivity index (χ0v) is 10.7. The van der Waals surface area contributed by atoms with E-state index >= 15 is 0 Å². The maximum Gasteiger partial charge on any atom is 0.211 e. The number of guanidine groups is 1. The van der Waals surface area contributed by atoms with E-state index in [0.717, 1.165) is 24.2 Å². The maximum absolute atomic E-state index is 5.90. The summed E-state index contributed by atoms with van der Waals surface area (Å²) in [6.45, 7) is 4.20. The molecule has 2 rings (SSSR count). The summed E-state index contributed by atoms with van der Waals surface area (Å²) in [5.74, 6) is 0.902. The first-order valence-corrected chi connectivity index (χ1v) is 5.90. The highest BCUT2D eigenvalue weighted by Gasteiger charge is 2.26. The number of hydrogen-bond acceptors (Lipinski definition) is 3. The zero-order valence-electron chi connectivity index (χ0n) is 10.7. The van der Waals surface area contributed by atoms with Crippen LogP contribution in [0.25, 0.3) is 0 Å². The minimum atomic E-state index is -0.0824.